The monoisotopic (exact) mass is 349 g/mol. The number of hydrazone groups is 1. The van der Waals surface area contributed by atoms with E-state index in [9.17, 15) is 0 Å². The van der Waals surface area contributed by atoms with Gasteiger partial charge in [0.05, 0.1) is 24.6 Å². The van der Waals surface area contributed by atoms with Crippen LogP contribution in [-0.4, -0.2) is 46.8 Å². The van der Waals surface area contributed by atoms with Crippen molar-refractivity contribution in [3.8, 4) is 0 Å². The van der Waals surface area contributed by atoms with E-state index in [1.54, 1.807) is 0 Å². The van der Waals surface area contributed by atoms with E-state index in [1.807, 2.05) is 13.8 Å². The molecule has 128 valence electrons. The maximum Gasteiger partial charge on any atom is 0.188 e. The third-order valence-corrected chi connectivity index (χ3v) is 4.89. The lowest BCUT2D eigenvalue weighted by molar-refractivity contribution is 0.123. The van der Waals surface area contributed by atoms with Crippen LogP contribution in [0.4, 0.5) is 11.4 Å². The summed E-state index contributed by atoms with van der Waals surface area (Å²) in [5, 5.41) is 16.4. The Labute approximate surface area is 142 Å². The number of hydrogen-bond acceptors (Lipinski definition) is 10. The van der Waals surface area contributed by atoms with Gasteiger partial charge in [-0.3, -0.25) is 11.2 Å². The fourth-order valence-electron chi connectivity index (χ4n) is 2.82. The second-order valence-corrected chi connectivity index (χ2v) is 7.45. The van der Waals surface area contributed by atoms with Crippen molar-refractivity contribution >= 4 is 39.3 Å². The highest BCUT2D eigenvalue weighted by Crippen LogP contribution is 2.35. The summed E-state index contributed by atoms with van der Waals surface area (Å²) in [4.78, 5) is 1.62. The summed E-state index contributed by atoms with van der Waals surface area (Å²) in [5.74, 6) is 0. The van der Waals surface area contributed by atoms with Gasteiger partial charge in [0.15, 0.2) is 21.2 Å². The smallest absolute Gasteiger partial charge is 0.188 e. The number of fused-ring (bicyclic) bond motifs is 1. The molecule has 0 spiro atoms. The molecule has 1 unspecified atom stereocenters. The van der Waals surface area contributed by atoms with Crippen LogP contribution < -0.4 is 21.4 Å². The first-order valence-electron chi connectivity index (χ1n) is 7.72. The Balaban J connectivity index is 1.70. The van der Waals surface area contributed by atoms with E-state index in [4.69, 9.17) is 15.1 Å². The van der Waals surface area contributed by atoms with Crippen molar-refractivity contribution in [2.45, 2.75) is 18.8 Å². The molecule has 0 saturated carbocycles. The lowest BCUT2D eigenvalue weighted by Crippen LogP contribution is -2.41. The minimum Gasteiger partial charge on any atom is -0.378 e. The molecule has 0 amide bonds. The molecule has 1 fully saturated rings. The largest absolute Gasteiger partial charge is 0.378 e. The van der Waals surface area contributed by atoms with Gasteiger partial charge in [0.25, 0.3) is 0 Å². The van der Waals surface area contributed by atoms with Gasteiger partial charge in [-0.15, -0.1) is 0 Å². The Morgan fingerprint density at radius 1 is 1.33 bits per heavy atom. The molecular weight excluding hydrogens is 330 g/mol. The first-order chi connectivity index (χ1) is 11.5. The standard InChI is InChI=1S/C14H19N7O2S/c1-8-7-9(21-3-5-22-6-4-21)11-12(19-23-18-11)10(8)16-13-17-20-14(2,15)24-13/h7,20H,3-6,15H2,1-2H3,(H,16,17). The number of aromatic nitrogens is 2. The van der Waals surface area contributed by atoms with Crippen molar-refractivity contribution in [1.82, 2.24) is 15.7 Å². The first-order valence-corrected chi connectivity index (χ1v) is 8.53. The summed E-state index contributed by atoms with van der Waals surface area (Å²) in [6.45, 7) is 6.95. The Kier molecular flexibility index (Phi) is 3.74. The molecule has 1 saturated heterocycles. The summed E-state index contributed by atoms with van der Waals surface area (Å²) >= 11 is 1.41. The molecule has 0 radical (unpaired) electrons. The molecule has 10 heteroatoms. The molecule has 4 N–H and O–H groups in total. The number of aryl methyl sites for hydroxylation is 1. The normalized spacial score (nSPS) is 24.1. The molecule has 0 aliphatic carbocycles. The SMILES string of the molecule is Cc1cc(N2CCOCC2)c2nonc2c1NC1=NNC(C)(N)S1. The summed E-state index contributed by atoms with van der Waals surface area (Å²) in [5.41, 5.74) is 13.2. The van der Waals surface area contributed by atoms with E-state index < -0.39 is 4.99 Å². The number of ether oxygens (including phenoxy) is 1. The van der Waals surface area contributed by atoms with Gasteiger partial charge in [0, 0.05) is 13.1 Å². The molecule has 2 aromatic rings. The Morgan fingerprint density at radius 3 is 2.79 bits per heavy atom. The van der Waals surface area contributed by atoms with Crippen LogP contribution in [0.3, 0.4) is 0 Å². The Bertz CT molecular complexity index is 798. The number of nitrogens with one attached hydrogen (secondary N) is 2. The number of nitrogens with zero attached hydrogens (tertiary/aromatic N) is 4. The van der Waals surface area contributed by atoms with Crippen molar-refractivity contribution < 1.29 is 9.37 Å². The van der Waals surface area contributed by atoms with E-state index in [1.165, 1.54) is 11.8 Å². The van der Waals surface area contributed by atoms with Crippen molar-refractivity contribution in [1.29, 1.82) is 0 Å². The summed E-state index contributed by atoms with van der Waals surface area (Å²) in [6, 6.07) is 2.09. The van der Waals surface area contributed by atoms with Crippen LogP contribution in [0.25, 0.3) is 11.0 Å². The number of benzene rings is 1. The molecule has 24 heavy (non-hydrogen) atoms. The Hall–Kier alpha value is -2.04. The zero-order chi connectivity index (χ0) is 16.7. The van der Waals surface area contributed by atoms with Gasteiger partial charge in [0.1, 0.15) is 0 Å². The van der Waals surface area contributed by atoms with E-state index in [-0.39, 0.29) is 0 Å². The number of hydrogen-bond donors (Lipinski definition) is 3. The van der Waals surface area contributed by atoms with Crippen LogP contribution in [0, 0.1) is 6.92 Å². The predicted octanol–water partition coefficient (Wildman–Crippen LogP) is 1.02. The molecule has 0 bridgehead atoms. The molecule has 3 heterocycles. The third kappa shape index (κ3) is 2.76. The number of thioether (sulfide) groups is 1. The maximum absolute atomic E-state index is 6.01. The highest BCUT2D eigenvalue weighted by Gasteiger charge is 2.29. The summed E-state index contributed by atoms with van der Waals surface area (Å²) in [6.07, 6.45) is 0. The molecule has 1 aromatic carbocycles. The number of nitrogens with two attached hydrogens (primary N) is 1. The van der Waals surface area contributed by atoms with Crippen LogP contribution in [0.5, 0.6) is 0 Å². The second-order valence-electron chi connectivity index (χ2n) is 6.01. The van der Waals surface area contributed by atoms with Gasteiger partial charge in [-0.2, -0.15) is 5.10 Å². The molecule has 1 aromatic heterocycles. The quantitative estimate of drug-likeness (QED) is 0.731. The summed E-state index contributed by atoms with van der Waals surface area (Å²) in [7, 11) is 0. The van der Waals surface area contributed by atoms with Crippen molar-refractivity contribution in [3.05, 3.63) is 11.6 Å². The van der Waals surface area contributed by atoms with Crippen molar-refractivity contribution in [2.24, 2.45) is 10.8 Å². The summed E-state index contributed by atoms with van der Waals surface area (Å²) < 4.78 is 10.4. The van der Waals surface area contributed by atoms with E-state index in [0.717, 1.165) is 35.5 Å². The minimum atomic E-state index is -0.620. The fraction of sp³-hybridized carbons (Fsp3) is 0.500. The zero-order valence-electron chi connectivity index (χ0n) is 13.5. The molecule has 9 nitrogen and oxygen atoms in total. The lowest BCUT2D eigenvalue weighted by atomic mass is 10.1. The molecule has 1 atom stereocenters. The average Bonchev–Trinajstić information content (AvgIpc) is 3.17. The topological polar surface area (TPSA) is 114 Å². The number of rotatable bonds is 2. The predicted molar refractivity (Wildman–Crippen MR) is 93.9 cm³/mol. The van der Waals surface area contributed by atoms with Crippen molar-refractivity contribution in [3.63, 3.8) is 0 Å². The minimum absolute atomic E-state index is 0.620. The van der Waals surface area contributed by atoms with Gasteiger partial charge in [-0.25, -0.2) is 4.63 Å². The van der Waals surface area contributed by atoms with Crippen LogP contribution in [-0.2, 0) is 4.74 Å². The van der Waals surface area contributed by atoms with Crippen LogP contribution in [0.1, 0.15) is 12.5 Å². The van der Waals surface area contributed by atoms with E-state index >= 15 is 0 Å². The van der Waals surface area contributed by atoms with Gasteiger partial charge < -0.3 is 15.0 Å². The number of morpholine rings is 1. The highest BCUT2D eigenvalue weighted by molar-refractivity contribution is 8.15. The number of amidine groups is 1. The van der Waals surface area contributed by atoms with Crippen LogP contribution in [0.2, 0.25) is 0 Å². The highest BCUT2D eigenvalue weighted by atomic mass is 32.2. The van der Waals surface area contributed by atoms with Gasteiger partial charge in [-0.1, -0.05) is 0 Å². The molecule has 2 aliphatic rings. The fourth-order valence-corrected chi connectivity index (χ4v) is 3.56. The first kappa shape index (κ1) is 15.5. The van der Waals surface area contributed by atoms with Gasteiger partial charge in [-0.05, 0) is 47.6 Å². The van der Waals surface area contributed by atoms with Gasteiger partial charge in [0.2, 0.25) is 0 Å². The average molecular weight is 349 g/mol. The van der Waals surface area contributed by atoms with Crippen molar-refractivity contribution in [2.75, 3.05) is 36.5 Å². The van der Waals surface area contributed by atoms with E-state index in [2.05, 4.69) is 37.1 Å². The third-order valence-electron chi connectivity index (χ3n) is 3.99. The Morgan fingerprint density at radius 2 is 2.08 bits per heavy atom. The molecular formula is C14H19N7O2S. The van der Waals surface area contributed by atoms with Crippen LogP contribution >= 0.6 is 11.8 Å². The number of anilines is 2. The molecule has 4 rings (SSSR count). The zero-order valence-corrected chi connectivity index (χ0v) is 14.3. The second kappa shape index (κ2) is 5.80. The maximum atomic E-state index is 6.01. The van der Waals surface area contributed by atoms with Crippen LogP contribution in [0.15, 0.2) is 15.8 Å². The lowest BCUT2D eigenvalue weighted by Gasteiger charge is -2.29. The van der Waals surface area contributed by atoms with E-state index in [0.29, 0.717) is 23.9 Å². The van der Waals surface area contributed by atoms with Gasteiger partial charge >= 0.3 is 0 Å². The molecule has 2 aliphatic heterocycles.